The Hall–Kier alpha value is -0.280. The molecule has 0 heterocycles. The maximum absolute atomic E-state index is 11.6. The van der Waals surface area contributed by atoms with Crippen LogP contribution in [0.25, 0.3) is 0 Å². The maximum atomic E-state index is 11.6. The van der Waals surface area contributed by atoms with Gasteiger partial charge in [-0.25, -0.2) is 4.99 Å². The fourth-order valence-electron chi connectivity index (χ4n) is 8.90. The van der Waals surface area contributed by atoms with Crippen molar-refractivity contribution in [1.29, 1.82) is 0 Å². The number of aliphatic hydroxyl groups is 2. The van der Waals surface area contributed by atoms with Crippen molar-refractivity contribution in [3.05, 3.63) is 0 Å². The molecule has 0 bridgehead atoms. The fraction of sp³-hybridized carbons (Fsp3) is 0.960. The van der Waals surface area contributed by atoms with Crippen LogP contribution in [0.1, 0.15) is 85.0 Å². The molecule has 29 heavy (non-hydrogen) atoms. The van der Waals surface area contributed by atoms with E-state index in [9.17, 15) is 10.2 Å². The first-order valence-corrected chi connectivity index (χ1v) is 12.6. The third-order valence-electron chi connectivity index (χ3n) is 10.5. The average Bonchev–Trinajstić information content (AvgIpc) is 3.05. The van der Waals surface area contributed by atoms with Crippen molar-refractivity contribution in [2.75, 3.05) is 6.54 Å². The summed E-state index contributed by atoms with van der Waals surface area (Å²) in [5, 5.41) is 24.3. The zero-order valence-corrected chi connectivity index (χ0v) is 19.5. The highest BCUT2D eigenvalue weighted by Crippen LogP contribution is 2.68. The lowest BCUT2D eigenvalue weighted by molar-refractivity contribution is -0.174. The summed E-state index contributed by atoms with van der Waals surface area (Å²) >= 11 is 4.69. The number of fused-ring (bicyclic) bond motifs is 5. The van der Waals surface area contributed by atoms with E-state index in [0.717, 1.165) is 44.6 Å². The van der Waals surface area contributed by atoms with Gasteiger partial charge in [0.2, 0.25) is 0 Å². The van der Waals surface area contributed by atoms with Crippen molar-refractivity contribution in [1.82, 2.24) is 0 Å². The number of hydrogen-bond donors (Lipinski definition) is 2. The summed E-state index contributed by atoms with van der Waals surface area (Å²) in [6.45, 7) is 8.13. The normalized spacial score (nSPS) is 50.0. The van der Waals surface area contributed by atoms with Crippen LogP contribution < -0.4 is 0 Å². The summed E-state index contributed by atoms with van der Waals surface area (Å²) in [4.78, 5) is 4.09. The Labute approximate surface area is 182 Å². The number of isothiocyanates is 1. The van der Waals surface area contributed by atoms with E-state index in [0.29, 0.717) is 35.0 Å². The minimum Gasteiger partial charge on any atom is -0.393 e. The molecule has 4 rings (SSSR count). The Balaban J connectivity index is 1.52. The van der Waals surface area contributed by atoms with Crippen molar-refractivity contribution < 1.29 is 10.2 Å². The first kappa shape index (κ1) is 21.9. The number of thiocarbonyl (C=S) groups is 1. The number of aliphatic imine (C=N–C) groups is 1. The van der Waals surface area contributed by atoms with Gasteiger partial charge in [-0.2, -0.15) is 0 Å². The van der Waals surface area contributed by atoms with Gasteiger partial charge in [0.05, 0.1) is 17.4 Å². The highest BCUT2D eigenvalue weighted by molar-refractivity contribution is 7.78. The zero-order chi connectivity index (χ0) is 20.8. The molecular weight excluding hydrogens is 378 g/mol. The van der Waals surface area contributed by atoms with Crippen LogP contribution >= 0.6 is 12.2 Å². The van der Waals surface area contributed by atoms with Crippen molar-refractivity contribution in [2.45, 2.75) is 97.2 Å². The molecule has 2 N–H and O–H groups in total. The zero-order valence-electron chi connectivity index (χ0n) is 18.6. The molecule has 0 radical (unpaired) electrons. The van der Waals surface area contributed by atoms with Gasteiger partial charge in [-0.15, -0.1) is 0 Å². The molecule has 0 aromatic rings. The summed E-state index contributed by atoms with van der Waals surface area (Å²) in [6, 6.07) is 0. The number of rotatable bonds is 5. The highest BCUT2D eigenvalue weighted by atomic mass is 32.1. The second-order valence-electron chi connectivity index (χ2n) is 11.5. The van der Waals surface area contributed by atoms with Gasteiger partial charge >= 0.3 is 0 Å². The first-order valence-electron chi connectivity index (χ1n) is 12.2. The van der Waals surface area contributed by atoms with Gasteiger partial charge in [0, 0.05) is 6.54 Å². The Kier molecular flexibility index (Phi) is 6.31. The Morgan fingerprint density at radius 2 is 1.86 bits per heavy atom. The average molecular weight is 420 g/mol. The van der Waals surface area contributed by atoms with Crippen molar-refractivity contribution >= 4 is 17.4 Å². The number of nitrogens with zero attached hydrogens (tertiary/aromatic N) is 1. The largest absolute Gasteiger partial charge is 0.393 e. The molecule has 0 unspecified atom stereocenters. The van der Waals surface area contributed by atoms with Crippen molar-refractivity contribution in [2.24, 2.45) is 51.3 Å². The summed E-state index contributed by atoms with van der Waals surface area (Å²) < 4.78 is 0. The monoisotopic (exact) mass is 419 g/mol. The molecular formula is C25H41NO2S. The lowest BCUT2D eigenvalue weighted by Crippen LogP contribution is -2.58. The molecule has 0 aliphatic heterocycles. The van der Waals surface area contributed by atoms with Crippen LogP contribution in [0.3, 0.4) is 0 Å². The van der Waals surface area contributed by atoms with Gasteiger partial charge in [0.1, 0.15) is 0 Å². The van der Waals surface area contributed by atoms with Gasteiger partial charge in [-0.1, -0.05) is 20.8 Å². The van der Waals surface area contributed by atoms with E-state index < -0.39 is 0 Å². The Morgan fingerprint density at radius 1 is 1.07 bits per heavy atom. The van der Waals surface area contributed by atoms with Crippen LogP contribution in [0.5, 0.6) is 0 Å². The maximum Gasteiger partial charge on any atom is 0.0602 e. The fourth-order valence-corrected chi connectivity index (χ4v) is 8.99. The second kappa shape index (κ2) is 8.34. The van der Waals surface area contributed by atoms with Gasteiger partial charge in [0.15, 0.2) is 0 Å². The lowest BCUT2D eigenvalue weighted by atomic mass is 9.43. The molecule has 0 aromatic heterocycles. The molecule has 164 valence electrons. The molecule has 4 aliphatic carbocycles. The van der Waals surface area contributed by atoms with E-state index in [1.54, 1.807) is 0 Å². The van der Waals surface area contributed by atoms with Crippen LogP contribution in [-0.4, -0.2) is 34.1 Å². The van der Waals surface area contributed by atoms with Crippen LogP contribution in [0.15, 0.2) is 4.99 Å². The molecule has 4 fully saturated rings. The quantitative estimate of drug-likeness (QED) is 0.352. The van der Waals surface area contributed by atoms with Crippen LogP contribution in [0.4, 0.5) is 0 Å². The minimum atomic E-state index is -0.176. The molecule has 3 nitrogen and oxygen atoms in total. The third-order valence-corrected chi connectivity index (χ3v) is 10.6. The molecule has 4 aliphatic rings. The van der Waals surface area contributed by atoms with Gasteiger partial charge in [-0.05, 0) is 123 Å². The first-order chi connectivity index (χ1) is 13.8. The Bertz CT molecular complexity index is 649. The summed E-state index contributed by atoms with van der Waals surface area (Å²) in [7, 11) is 0. The van der Waals surface area contributed by atoms with Crippen LogP contribution in [-0.2, 0) is 0 Å². The SMILES string of the molecule is C[C@@H](CCCN=C=S)[C@H]1CC[C@H]2[C@@H]3CC[C@@H]4C[C@H](O)CC[C@]4(C)[C@H]3C[C@H](O)[C@]12C. The van der Waals surface area contributed by atoms with E-state index >= 15 is 0 Å². The summed E-state index contributed by atoms with van der Waals surface area (Å²) in [5.74, 6) is 4.01. The third kappa shape index (κ3) is 3.56. The molecule has 4 heteroatoms. The predicted molar refractivity (Wildman–Crippen MR) is 121 cm³/mol. The molecule has 0 spiro atoms. The summed E-state index contributed by atoms with van der Waals surface area (Å²) in [6.07, 6.45) is 11.2. The molecule has 0 aromatic carbocycles. The van der Waals surface area contributed by atoms with Crippen molar-refractivity contribution in [3.8, 4) is 0 Å². The lowest BCUT2D eigenvalue weighted by Gasteiger charge is -2.62. The van der Waals surface area contributed by atoms with E-state index in [-0.39, 0.29) is 17.6 Å². The second-order valence-corrected chi connectivity index (χ2v) is 11.7. The number of aliphatic hydroxyl groups excluding tert-OH is 2. The van der Waals surface area contributed by atoms with Gasteiger partial charge in [-0.3, -0.25) is 0 Å². The van der Waals surface area contributed by atoms with Crippen molar-refractivity contribution in [3.63, 3.8) is 0 Å². The summed E-state index contributed by atoms with van der Waals surface area (Å²) in [5.41, 5.74) is 0.401. The molecule has 4 saturated carbocycles. The van der Waals surface area contributed by atoms with Crippen LogP contribution in [0, 0.1) is 46.3 Å². The minimum absolute atomic E-state index is 0.0748. The number of hydrogen-bond acceptors (Lipinski definition) is 4. The van der Waals surface area contributed by atoms with E-state index in [4.69, 9.17) is 12.2 Å². The Morgan fingerprint density at radius 3 is 2.62 bits per heavy atom. The molecule has 0 saturated heterocycles. The highest BCUT2D eigenvalue weighted by Gasteiger charge is 2.63. The predicted octanol–water partition coefficient (Wildman–Crippen LogP) is 5.50. The molecule has 10 atom stereocenters. The van der Waals surface area contributed by atoms with Crippen LogP contribution in [0.2, 0.25) is 0 Å². The topological polar surface area (TPSA) is 52.8 Å². The van der Waals surface area contributed by atoms with E-state index in [1.165, 1.54) is 32.1 Å². The smallest absolute Gasteiger partial charge is 0.0602 e. The van der Waals surface area contributed by atoms with Gasteiger partial charge < -0.3 is 10.2 Å². The standard InChI is InChI=1S/C25H41NO2S/c1-16(5-4-12-26-15-29)20-8-9-21-19-7-6-17-13-18(27)10-11-24(17,2)22(19)14-23(28)25(20,21)3/h16-23,27-28H,4-14H2,1-3H3/t16-,17+,18+,19-,20+,21-,22-,23-,24-,25+/m0/s1. The molecule has 0 amide bonds. The van der Waals surface area contributed by atoms with E-state index in [2.05, 4.69) is 30.9 Å². The van der Waals surface area contributed by atoms with E-state index in [1.807, 2.05) is 0 Å². The van der Waals surface area contributed by atoms with Gasteiger partial charge in [0.25, 0.3) is 0 Å².